The molecule has 1 aliphatic heterocycles. The smallest absolute Gasteiger partial charge is 0.225 e. The van der Waals surface area contributed by atoms with Gasteiger partial charge in [-0.2, -0.15) is 0 Å². The molecule has 1 atom stereocenters. The van der Waals surface area contributed by atoms with Crippen LogP contribution in [0.4, 0.5) is 0 Å². The topological polar surface area (TPSA) is 56.7 Å². The van der Waals surface area contributed by atoms with Gasteiger partial charge >= 0.3 is 0 Å². The third-order valence-corrected chi connectivity index (χ3v) is 6.87. The number of nitrogens with zero attached hydrogens (tertiary/aromatic N) is 2. The third kappa shape index (κ3) is 5.84. The normalized spacial score (nSPS) is 21.3. The fourth-order valence-corrected chi connectivity index (χ4v) is 5.16. The Kier molecular flexibility index (Phi) is 8.19. The van der Waals surface area contributed by atoms with Crippen molar-refractivity contribution in [2.45, 2.75) is 66.0 Å². The van der Waals surface area contributed by atoms with Crippen LogP contribution in [0.25, 0.3) is 0 Å². The number of aryl methyl sites for hydroxylation is 1. The molecular weight excluding hydrogens is 483 g/mol. The number of guanidine groups is 1. The van der Waals surface area contributed by atoms with Crippen molar-refractivity contribution in [2.24, 2.45) is 16.3 Å². The molecule has 2 heterocycles. The van der Waals surface area contributed by atoms with E-state index in [1.54, 1.807) is 4.88 Å². The molecule has 28 heavy (non-hydrogen) atoms. The number of rotatable bonds is 4. The van der Waals surface area contributed by atoms with Gasteiger partial charge in [-0.1, -0.05) is 27.7 Å². The van der Waals surface area contributed by atoms with Gasteiger partial charge in [0, 0.05) is 41.9 Å². The molecule has 1 amide bonds. The molecule has 1 saturated heterocycles. The van der Waals surface area contributed by atoms with Crippen LogP contribution < -0.4 is 10.6 Å². The number of hydrogen-bond donors (Lipinski definition) is 2. The molecule has 2 aliphatic rings. The highest BCUT2D eigenvalue weighted by atomic mass is 127. The lowest BCUT2D eigenvalue weighted by Crippen LogP contribution is -2.45. The van der Waals surface area contributed by atoms with E-state index >= 15 is 0 Å². The Balaban J connectivity index is 0.00000280. The van der Waals surface area contributed by atoms with Crippen LogP contribution in [0.5, 0.6) is 0 Å². The maximum Gasteiger partial charge on any atom is 0.225 e. The summed E-state index contributed by atoms with van der Waals surface area (Å²) >= 11 is 1.94. The molecule has 1 aromatic heterocycles. The van der Waals surface area contributed by atoms with Crippen molar-refractivity contribution in [3.63, 3.8) is 0 Å². The molecule has 1 aromatic rings. The number of carbonyl (C=O) groups excluding carboxylic acids is 1. The molecule has 158 valence electrons. The summed E-state index contributed by atoms with van der Waals surface area (Å²) in [6.45, 7) is 11.1. The minimum absolute atomic E-state index is 0. The van der Waals surface area contributed by atoms with Crippen molar-refractivity contribution in [1.29, 1.82) is 0 Å². The highest BCUT2D eigenvalue weighted by molar-refractivity contribution is 14.0. The molecule has 1 unspecified atom stereocenters. The lowest BCUT2D eigenvalue weighted by Gasteiger charge is -2.29. The Morgan fingerprint density at radius 2 is 2.18 bits per heavy atom. The van der Waals surface area contributed by atoms with Crippen LogP contribution in [0, 0.1) is 11.3 Å². The molecule has 7 heteroatoms. The van der Waals surface area contributed by atoms with E-state index < -0.39 is 0 Å². The van der Waals surface area contributed by atoms with Gasteiger partial charge in [-0.25, -0.2) is 0 Å². The van der Waals surface area contributed by atoms with Crippen molar-refractivity contribution in [2.75, 3.05) is 20.1 Å². The predicted molar refractivity (Wildman–Crippen MR) is 129 cm³/mol. The van der Waals surface area contributed by atoms with Gasteiger partial charge in [-0.3, -0.25) is 9.79 Å². The van der Waals surface area contributed by atoms with Gasteiger partial charge in [0.1, 0.15) is 0 Å². The summed E-state index contributed by atoms with van der Waals surface area (Å²) in [4.78, 5) is 21.4. The number of amides is 1. The van der Waals surface area contributed by atoms with Gasteiger partial charge in [0.15, 0.2) is 5.96 Å². The Morgan fingerprint density at radius 3 is 2.86 bits per heavy atom. The lowest BCUT2D eigenvalue weighted by molar-refractivity contribution is -0.133. The monoisotopic (exact) mass is 518 g/mol. The fourth-order valence-electron chi connectivity index (χ4n) is 4.03. The Hall–Kier alpha value is -0.830. The lowest BCUT2D eigenvalue weighted by atomic mass is 9.77. The molecular formula is C21H35IN4OS. The minimum Gasteiger partial charge on any atom is -0.352 e. The first-order chi connectivity index (χ1) is 12.8. The maximum absolute atomic E-state index is 12.2. The van der Waals surface area contributed by atoms with E-state index in [0.29, 0.717) is 5.41 Å². The summed E-state index contributed by atoms with van der Waals surface area (Å²) in [7, 11) is 1.81. The van der Waals surface area contributed by atoms with Gasteiger partial charge in [0.2, 0.25) is 5.91 Å². The SMILES string of the molecule is CN=C(NCc1cc2c(s1)CCC(C)(C)C2)NC1CCN(C(=O)C(C)C)C1.I. The molecule has 0 radical (unpaired) electrons. The quantitative estimate of drug-likeness (QED) is 0.362. The van der Waals surface area contributed by atoms with Gasteiger partial charge < -0.3 is 15.5 Å². The van der Waals surface area contributed by atoms with Crippen molar-refractivity contribution in [1.82, 2.24) is 15.5 Å². The first kappa shape index (κ1) is 23.4. The summed E-state index contributed by atoms with van der Waals surface area (Å²) < 4.78 is 0. The number of nitrogens with one attached hydrogen (secondary N) is 2. The second-order valence-electron chi connectivity index (χ2n) is 9.00. The number of hydrogen-bond acceptors (Lipinski definition) is 3. The van der Waals surface area contributed by atoms with E-state index in [0.717, 1.165) is 32.0 Å². The van der Waals surface area contributed by atoms with Crippen molar-refractivity contribution >= 4 is 47.2 Å². The van der Waals surface area contributed by atoms with E-state index in [4.69, 9.17) is 0 Å². The van der Waals surface area contributed by atoms with Gasteiger partial charge in [-0.15, -0.1) is 35.3 Å². The molecule has 0 aromatic carbocycles. The molecule has 3 rings (SSSR count). The summed E-state index contributed by atoms with van der Waals surface area (Å²) in [6, 6.07) is 2.65. The van der Waals surface area contributed by atoms with Gasteiger partial charge in [0.05, 0.1) is 6.54 Å². The molecule has 0 bridgehead atoms. The van der Waals surface area contributed by atoms with Crippen LogP contribution in [0.2, 0.25) is 0 Å². The largest absolute Gasteiger partial charge is 0.352 e. The highest BCUT2D eigenvalue weighted by Crippen LogP contribution is 2.38. The van der Waals surface area contributed by atoms with Crippen LogP contribution in [0.1, 0.15) is 55.9 Å². The van der Waals surface area contributed by atoms with E-state index in [1.165, 1.54) is 29.7 Å². The summed E-state index contributed by atoms with van der Waals surface area (Å²) in [5, 5.41) is 6.94. The van der Waals surface area contributed by atoms with Crippen molar-refractivity contribution < 1.29 is 4.79 Å². The fraction of sp³-hybridized carbons (Fsp3) is 0.714. The number of aliphatic imine (C=N–C) groups is 1. The number of halogens is 1. The number of fused-ring (bicyclic) bond motifs is 1. The Bertz CT molecular complexity index is 713. The first-order valence-electron chi connectivity index (χ1n) is 10.1. The maximum atomic E-state index is 12.2. The second kappa shape index (κ2) is 9.78. The molecule has 2 N–H and O–H groups in total. The predicted octanol–water partition coefficient (Wildman–Crippen LogP) is 3.80. The number of thiophene rings is 1. The molecule has 1 fully saturated rings. The minimum atomic E-state index is 0. The molecule has 5 nitrogen and oxygen atoms in total. The van der Waals surface area contributed by atoms with Gasteiger partial charge in [-0.05, 0) is 42.7 Å². The highest BCUT2D eigenvalue weighted by Gasteiger charge is 2.28. The van der Waals surface area contributed by atoms with Crippen LogP contribution >= 0.6 is 35.3 Å². The standard InChI is InChI=1S/C21H34N4OS.HI/c1-14(2)19(26)25-9-7-16(13-25)24-20(22-5)23-12-17-10-15-11-21(3,4)8-6-18(15)27-17;/h10,14,16H,6-9,11-13H2,1-5H3,(H2,22,23,24);1H. The first-order valence-corrected chi connectivity index (χ1v) is 11.0. The second-order valence-corrected chi connectivity index (χ2v) is 10.2. The zero-order chi connectivity index (χ0) is 19.6. The van der Waals surface area contributed by atoms with Crippen LogP contribution in [-0.4, -0.2) is 42.9 Å². The zero-order valence-corrected chi connectivity index (χ0v) is 20.9. The molecule has 0 saturated carbocycles. The summed E-state index contributed by atoms with van der Waals surface area (Å²) in [5.74, 6) is 1.14. The van der Waals surface area contributed by atoms with E-state index in [-0.39, 0.29) is 41.8 Å². The summed E-state index contributed by atoms with van der Waals surface area (Å²) in [5.41, 5.74) is 1.97. The van der Waals surface area contributed by atoms with Crippen LogP contribution in [-0.2, 0) is 24.2 Å². The van der Waals surface area contributed by atoms with E-state index in [1.807, 2.05) is 37.1 Å². The molecule has 1 aliphatic carbocycles. The van der Waals surface area contributed by atoms with E-state index in [2.05, 4.69) is 35.5 Å². The Labute approximate surface area is 190 Å². The number of likely N-dealkylation sites (tertiary alicyclic amines) is 1. The Morgan fingerprint density at radius 1 is 1.43 bits per heavy atom. The average molecular weight is 519 g/mol. The van der Waals surface area contributed by atoms with Crippen LogP contribution in [0.15, 0.2) is 11.1 Å². The van der Waals surface area contributed by atoms with Crippen molar-refractivity contribution in [3.05, 3.63) is 21.4 Å². The zero-order valence-electron chi connectivity index (χ0n) is 17.8. The van der Waals surface area contributed by atoms with Crippen LogP contribution in [0.3, 0.4) is 0 Å². The van der Waals surface area contributed by atoms with E-state index in [9.17, 15) is 4.79 Å². The van der Waals surface area contributed by atoms with Gasteiger partial charge in [0.25, 0.3) is 0 Å². The summed E-state index contributed by atoms with van der Waals surface area (Å²) in [6.07, 6.45) is 4.65. The third-order valence-electron chi connectivity index (χ3n) is 5.63. The average Bonchev–Trinajstić information content (AvgIpc) is 3.23. The molecule has 0 spiro atoms. The number of carbonyl (C=O) groups is 1. The van der Waals surface area contributed by atoms with Crippen molar-refractivity contribution in [3.8, 4) is 0 Å².